The second-order valence-electron chi connectivity index (χ2n) is 4.14. The number of aryl methyl sites for hydroxylation is 1. The van der Waals surface area contributed by atoms with E-state index >= 15 is 0 Å². The van der Waals surface area contributed by atoms with Gasteiger partial charge in [-0.1, -0.05) is 12.1 Å². The minimum Gasteiger partial charge on any atom is -0.490 e. The van der Waals surface area contributed by atoms with Crippen molar-refractivity contribution in [3.05, 3.63) is 47.7 Å². The van der Waals surface area contributed by atoms with Gasteiger partial charge in [-0.15, -0.1) is 0 Å². The first-order chi connectivity index (χ1) is 9.22. The van der Waals surface area contributed by atoms with E-state index in [-0.39, 0.29) is 0 Å². The Balaban J connectivity index is 2.28. The lowest BCUT2D eigenvalue weighted by Gasteiger charge is -2.11. The van der Waals surface area contributed by atoms with Crippen molar-refractivity contribution in [1.29, 1.82) is 0 Å². The monoisotopic (exact) mass is 258 g/mol. The summed E-state index contributed by atoms with van der Waals surface area (Å²) in [6, 6.07) is 11.3. The molecule has 2 aromatic rings. The molecule has 1 aromatic carbocycles. The first-order valence-corrected chi connectivity index (χ1v) is 6.30. The van der Waals surface area contributed by atoms with Gasteiger partial charge in [0.1, 0.15) is 0 Å². The number of hydrogen-bond acceptors (Lipinski definition) is 4. The molecule has 100 valence electrons. The lowest BCUT2D eigenvalue weighted by Crippen LogP contribution is -2.00. The summed E-state index contributed by atoms with van der Waals surface area (Å²) in [5, 5.41) is 0. The molecule has 0 spiro atoms. The molecule has 0 atom stereocenters. The van der Waals surface area contributed by atoms with Crippen molar-refractivity contribution in [1.82, 2.24) is 4.98 Å². The van der Waals surface area contributed by atoms with Crippen LogP contribution in [0.2, 0.25) is 0 Å². The van der Waals surface area contributed by atoms with Crippen LogP contribution in [0.4, 0.5) is 0 Å². The van der Waals surface area contributed by atoms with Crippen molar-refractivity contribution in [3.63, 3.8) is 0 Å². The minimum atomic E-state index is 0.465. The van der Waals surface area contributed by atoms with E-state index < -0.39 is 0 Å². The van der Waals surface area contributed by atoms with Crippen LogP contribution < -0.4 is 15.2 Å². The lowest BCUT2D eigenvalue weighted by molar-refractivity contribution is 0.319. The van der Waals surface area contributed by atoms with Gasteiger partial charge in [-0.05, 0) is 37.6 Å². The Morgan fingerprint density at radius 3 is 2.58 bits per heavy atom. The van der Waals surface area contributed by atoms with E-state index in [9.17, 15) is 0 Å². The van der Waals surface area contributed by atoms with Crippen molar-refractivity contribution in [2.75, 3.05) is 6.61 Å². The van der Waals surface area contributed by atoms with Crippen molar-refractivity contribution in [2.45, 2.75) is 20.4 Å². The summed E-state index contributed by atoms with van der Waals surface area (Å²) in [6.45, 7) is 4.91. The summed E-state index contributed by atoms with van der Waals surface area (Å²) in [7, 11) is 0. The van der Waals surface area contributed by atoms with Gasteiger partial charge >= 0.3 is 0 Å². The van der Waals surface area contributed by atoms with Crippen LogP contribution in [0, 0.1) is 6.92 Å². The van der Waals surface area contributed by atoms with Gasteiger partial charge in [-0.2, -0.15) is 0 Å². The Hall–Kier alpha value is -2.07. The number of rotatable bonds is 5. The van der Waals surface area contributed by atoms with Gasteiger partial charge < -0.3 is 15.2 Å². The normalized spacial score (nSPS) is 10.3. The molecule has 4 heteroatoms. The van der Waals surface area contributed by atoms with Crippen LogP contribution in [-0.4, -0.2) is 11.6 Å². The van der Waals surface area contributed by atoms with E-state index in [4.69, 9.17) is 15.2 Å². The van der Waals surface area contributed by atoms with Gasteiger partial charge in [0.25, 0.3) is 0 Å². The second-order valence-corrected chi connectivity index (χ2v) is 4.14. The van der Waals surface area contributed by atoms with Crippen molar-refractivity contribution >= 4 is 0 Å². The Labute approximate surface area is 113 Å². The average Bonchev–Trinajstić information content (AvgIpc) is 2.40. The largest absolute Gasteiger partial charge is 0.490 e. The van der Waals surface area contributed by atoms with Crippen LogP contribution in [0.25, 0.3) is 0 Å². The van der Waals surface area contributed by atoms with E-state index in [1.54, 1.807) is 0 Å². The molecule has 2 rings (SSSR count). The summed E-state index contributed by atoms with van der Waals surface area (Å²) in [5.74, 6) is 1.90. The summed E-state index contributed by atoms with van der Waals surface area (Å²) in [6.07, 6.45) is 0. The van der Waals surface area contributed by atoms with Crippen LogP contribution in [0.5, 0.6) is 17.4 Å². The third-order valence-corrected chi connectivity index (χ3v) is 2.59. The highest BCUT2D eigenvalue weighted by Crippen LogP contribution is 2.30. The average molecular weight is 258 g/mol. The maximum absolute atomic E-state index is 5.79. The van der Waals surface area contributed by atoms with Crippen molar-refractivity contribution < 1.29 is 9.47 Å². The predicted molar refractivity (Wildman–Crippen MR) is 74.6 cm³/mol. The molecule has 0 radical (unpaired) electrons. The third-order valence-electron chi connectivity index (χ3n) is 2.59. The SMILES string of the molecule is CCOc1ccccc1Oc1cc(CN)cc(C)n1. The van der Waals surface area contributed by atoms with E-state index in [0.29, 0.717) is 30.5 Å². The van der Waals surface area contributed by atoms with Gasteiger partial charge in [0.05, 0.1) is 6.61 Å². The lowest BCUT2D eigenvalue weighted by atomic mass is 10.2. The number of para-hydroxylation sites is 2. The van der Waals surface area contributed by atoms with Crippen LogP contribution in [-0.2, 0) is 6.54 Å². The molecule has 4 nitrogen and oxygen atoms in total. The fourth-order valence-electron chi connectivity index (χ4n) is 1.80. The van der Waals surface area contributed by atoms with Crippen LogP contribution in [0.3, 0.4) is 0 Å². The molecule has 0 saturated heterocycles. The molecule has 0 unspecified atom stereocenters. The molecule has 0 aliphatic carbocycles. The van der Waals surface area contributed by atoms with Crippen LogP contribution >= 0.6 is 0 Å². The molecule has 0 fully saturated rings. The third kappa shape index (κ3) is 3.45. The predicted octanol–water partition coefficient (Wildman–Crippen LogP) is 3.04. The maximum atomic E-state index is 5.79. The van der Waals surface area contributed by atoms with Gasteiger partial charge in [-0.25, -0.2) is 4.98 Å². The molecule has 1 aromatic heterocycles. The molecule has 0 saturated carbocycles. The quantitative estimate of drug-likeness (QED) is 0.895. The fourth-order valence-corrected chi connectivity index (χ4v) is 1.80. The van der Waals surface area contributed by atoms with Crippen LogP contribution in [0.1, 0.15) is 18.2 Å². The first-order valence-electron chi connectivity index (χ1n) is 6.30. The number of ether oxygens (including phenoxy) is 2. The molecule has 0 aliphatic heterocycles. The van der Waals surface area contributed by atoms with Gasteiger partial charge in [0, 0.05) is 18.3 Å². The van der Waals surface area contributed by atoms with E-state index in [1.165, 1.54) is 0 Å². The van der Waals surface area contributed by atoms with Crippen molar-refractivity contribution in [3.8, 4) is 17.4 Å². The summed E-state index contributed by atoms with van der Waals surface area (Å²) in [5.41, 5.74) is 7.53. The van der Waals surface area contributed by atoms with E-state index in [1.807, 2.05) is 50.2 Å². The second kappa shape index (κ2) is 6.20. The number of benzene rings is 1. The molecule has 2 N–H and O–H groups in total. The summed E-state index contributed by atoms with van der Waals surface area (Å²) >= 11 is 0. The number of aromatic nitrogens is 1. The molecular formula is C15H18N2O2. The topological polar surface area (TPSA) is 57.4 Å². The number of nitrogens with two attached hydrogens (primary N) is 1. The zero-order valence-corrected chi connectivity index (χ0v) is 11.2. The number of pyridine rings is 1. The van der Waals surface area contributed by atoms with E-state index in [2.05, 4.69) is 4.98 Å². The minimum absolute atomic E-state index is 0.465. The van der Waals surface area contributed by atoms with Gasteiger partial charge in [0.2, 0.25) is 5.88 Å². The Morgan fingerprint density at radius 1 is 1.16 bits per heavy atom. The maximum Gasteiger partial charge on any atom is 0.219 e. The highest BCUT2D eigenvalue weighted by atomic mass is 16.5. The zero-order valence-electron chi connectivity index (χ0n) is 11.2. The Morgan fingerprint density at radius 2 is 1.89 bits per heavy atom. The highest BCUT2D eigenvalue weighted by molar-refractivity contribution is 5.42. The molecule has 1 heterocycles. The Bertz CT molecular complexity index is 556. The summed E-state index contributed by atoms with van der Waals surface area (Å²) < 4.78 is 11.3. The van der Waals surface area contributed by atoms with Gasteiger partial charge in [-0.3, -0.25) is 0 Å². The standard InChI is InChI=1S/C15H18N2O2/c1-3-18-13-6-4-5-7-14(13)19-15-9-12(10-16)8-11(2)17-15/h4-9H,3,10,16H2,1-2H3. The number of nitrogens with zero attached hydrogens (tertiary/aromatic N) is 1. The molecular weight excluding hydrogens is 240 g/mol. The molecule has 0 bridgehead atoms. The van der Waals surface area contributed by atoms with E-state index in [0.717, 1.165) is 11.3 Å². The smallest absolute Gasteiger partial charge is 0.219 e. The Kier molecular flexibility index (Phi) is 4.36. The van der Waals surface area contributed by atoms with Crippen molar-refractivity contribution in [2.24, 2.45) is 5.73 Å². The summed E-state index contributed by atoms with van der Waals surface area (Å²) in [4.78, 5) is 4.34. The fraction of sp³-hybridized carbons (Fsp3) is 0.267. The number of hydrogen-bond donors (Lipinski definition) is 1. The molecule has 0 amide bonds. The zero-order chi connectivity index (χ0) is 13.7. The first kappa shape index (κ1) is 13.4. The van der Waals surface area contributed by atoms with Crippen LogP contribution in [0.15, 0.2) is 36.4 Å². The van der Waals surface area contributed by atoms with Gasteiger partial charge in [0.15, 0.2) is 11.5 Å². The highest BCUT2D eigenvalue weighted by Gasteiger charge is 2.07. The molecule has 0 aliphatic rings. The molecule has 19 heavy (non-hydrogen) atoms.